The summed E-state index contributed by atoms with van der Waals surface area (Å²) in [5, 5.41) is 2.93. The normalized spacial score (nSPS) is 16.2. The fraction of sp³-hybridized carbons (Fsp3) is 0.435. The molecule has 1 heterocycles. The van der Waals surface area contributed by atoms with Crippen LogP contribution in [0.3, 0.4) is 0 Å². The van der Waals surface area contributed by atoms with E-state index >= 15 is 0 Å². The summed E-state index contributed by atoms with van der Waals surface area (Å²) in [6, 6.07) is 11.9. The van der Waals surface area contributed by atoms with Gasteiger partial charge in [0.05, 0.1) is 4.90 Å². The van der Waals surface area contributed by atoms with Gasteiger partial charge in [0.1, 0.15) is 0 Å². The molecule has 1 aliphatic rings. The highest BCUT2D eigenvalue weighted by molar-refractivity contribution is 7.89. The molecule has 8 heteroatoms. The van der Waals surface area contributed by atoms with Crippen LogP contribution in [0.25, 0.3) is 0 Å². The van der Waals surface area contributed by atoms with Gasteiger partial charge in [0.15, 0.2) is 0 Å². The van der Waals surface area contributed by atoms with Crippen molar-refractivity contribution in [2.24, 2.45) is 0 Å². The first-order chi connectivity index (χ1) is 14.7. The maximum absolute atomic E-state index is 12.7. The van der Waals surface area contributed by atoms with Gasteiger partial charge in [-0.1, -0.05) is 6.92 Å². The summed E-state index contributed by atoms with van der Waals surface area (Å²) in [5.74, 6) is -0.269. The predicted molar refractivity (Wildman–Crippen MR) is 125 cm³/mol. The Kier molecular flexibility index (Phi) is 7.35. The smallest absolute Gasteiger partial charge is 0.255 e. The van der Waals surface area contributed by atoms with Crippen LogP contribution in [0.5, 0.6) is 0 Å². The van der Waals surface area contributed by atoms with Crippen LogP contribution in [0.1, 0.15) is 36.2 Å². The Morgan fingerprint density at radius 1 is 1.06 bits per heavy atom. The first-order valence-corrected chi connectivity index (χ1v) is 12.2. The summed E-state index contributed by atoms with van der Waals surface area (Å²) in [4.78, 5) is 17.5. The summed E-state index contributed by atoms with van der Waals surface area (Å²) in [7, 11) is -1.46. The second kappa shape index (κ2) is 9.80. The van der Waals surface area contributed by atoms with Crippen molar-refractivity contribution in [3.8, 4) is 0 Å². The lowest BCUT2D eigenvalue weighted by Gasteiger charge is -2.34. The molecule has 0 spiro atoms. The van der Waals surface area contributed by atoms with E-state index in [1.165, 1.54) is 24.3 Å². The average molecular weight is 445 g/mol. The third-order valence-electron chi connectivity index (χ3n) is 5.72. The molecule has 1 aliphatic heterocycles. The van der Waals surface area contributed by atoms with Crippen molar-refractivity contribution in [3.05, 3.63) is 53.6 Å². The molecule has 0 bridgehead atoms. The molecule has 0 aromatic heterocycles. The van der Waals surface area contributed by atoms with Crippen molar-refractivity contribution in [1.29, 1.82) is 0 Å². The number of carbonyl (C=O) groups is 1. The number of likely N-dealkylation sites (N-methyl/N-ethyl adjacent to an activating group) is 1. The van der Waals surface area contributed by atoms with Crippen LogP contribution < -0.4 is 14.9 Å². The number of carbonyl (C=O) groups excluding carboxylic acids is 1. The van der Waals surface area contributed by atoms with Gasteiger partial charge in [-0.05, 0) is 75.3 Å². The predicted octanol–water partition coefficient (Wildman–Crippen LogP) is 3.08. The van der Waals surface area contributed by atoms with E-state index in [-0.39, 0.29) is 16.8 Å². The Bertz CT molecular complexity index is 1010. The SMILES string of the molecule is CCC(C)NS(=O)(=O)c1ccc(C(=O)Nc2ccc(N3CCN(C)CC3)cc2C)cc1. The van der Waals surface area contributed by atoms with Gasteiger partial charge in [-0.2, -0.15) is 0 Å². The Labute approximate surface area is 185 Å². The quantitative estimate of drug-likeness (QED) is 0.686. The zero-order valence-electron chi connectivity index (χ0n) is 18.7. The molecule has 1 saturated heterocycles. The van der Waals surface area contributed by atoms with E-state index in [1.54, 1.807) is 0 Å². The van der Waals surface area contributed by atoms with Crippen LogP contribution in [0.4, 0.5) is 11.4 Å². The maximum Gasteiger partial charge on any atom is 0.255 e. The molecule has 3 rings (SSSR count). The third kappa shape index (κ3) is 5.84. The van der Waals surface area contributed by atoms with Crippen LogP contribution in [0, 0.1) is 6.92 Å². The zero-order chi connectivity index (χ0) is 22.6. The minimum Gasteiger partial charge on any atom is -0.369 e. The first kappa shape index (κ1) is 23.2. The molecule has 0 radical (unpaired) electrons. The Balaban J connectivity index is 1.67. The highest BCUT2D eigenvalue weighted by Gasteiger charge is 2.18. The molecule has 2 N–H and O–H groups in total. The van der Waals surface area contributed by atoms with Crippen LogP contribution in [0.15, 0.2) is 47.4 Å². The number of aryl methyl sites for hydroxylation is 1. The molecule has 0 saturated carbocycles. The molecule has 0 aliphatic carbocycles. The largest absolute Gasteiger partial charge is 0.369 e. The minimum atomic E-state index is -3.59. The fourth-order valence-corrected chi connectivity index (χ4v) is 4.77. The van der Waals surface area contributed by atoms with E-state index < -0.39 is 10.0 Å². The van der Waals surface area contributed by atoms with Gasteiger partial charge >= 0.3 is 0 Å². The van der Waals surface area contributed by atoms with Crippen LogP contribution in [0.2, 0.25) is 0 Å². The standard InChI is InChI=1S/C23H32N4O3S/c1-5-18(3)25-31(29,30)21-9-6-19(7-10-21)23(28)24-22-11-8-20(16-17(22)2)27-14-12-26(4)13-15-27/h6-11,16,18,25H,5,12-15H2,1-4H3,(H,24,28). The number of piperazine rings is 1. The number of benzene rings is 2. The van der Waals surface area contributed by atoms with Gasteiger partial charge in [-0.15, -0.1) is 0 Å². The molecule has 1 unspecified atom stereocenters. The number of sulfonamides is 1. The van der Waals surface area contributed by atoms with Crippen molar-refractivity contribution < 1.29 is 13.2 Å². The molecular formula is C23H32N4O3S. The van der Waals surface area contributed by atoms with Gasteiger partial charge in [0.25, 0.3) is 5.91 Å². The van der Waals surface area contributed by atoms with Crippen molar-refractivity contribution >= 4 is 27.3 Å². The zero-order valence-corrected chi connectivity index (χ0v) is 19.5. The summed E-state index contributed by atoms with van der Waals surface area (Å²) in [6.07, 6.45) is 0.701. The highest BCUT2D eigenvalue weighted by atomic mass is 32.2. The number of hydrogen-bond donors (Lipinski definition) is 2. The van der Waals surface area contributed by atoms with Crippen molar-refractivity contribution in [2.75, 3.05) is 43.4 Å². The number of hydrogen-bond acceptors (Lipinski definition) is 5. The highest BCUT2D eigenvalue weighted by Crippen LogP contribution is 2.24. The van der Waals surface area contributed by atoms with E-state index in [2.05, 4.69) is 33.0 Å². The molecule has 1 amide bonds. The Hall–Kier alpha value is -2.42. The fourth-order valence-electron chi connectivity index (χ4n) is 3.45. The van der Waals surface area contributed by atoms with E-state index in [4.69, 9.17) is 0 Å². The van der Waals surface area contributed by atoms with Gasteiger partial charge in [-0.3, -0.25) is 4.79 Å². The van der Waals surface area contributed by atoms with Gasteiger partial charge in [-0.25, -0.2) is 13.1 Å². The topological polar surface area (TPSA) is 81.7 Å². The number of rotatable bonds is 7. The Morgan fingerprint density at radius 2 is 1.71 bits per heavy atom. The summed E-state index contributed by atoms with van der Waals surface area (Å²) in [5.41, 5.74) is 3.30. The lowest BCUT2D eigenvalue weighted by molar-refractivity contribution is 0.102. The Morgan fingerprint density at radius 3 is 2.29 bits per heavy atom. The second-order valence-electron chi connectivity index (χ2n) is 8.20. The molecule has 168 valence electrons. The molecular weight excluding hydrogens is 412 g/mol. The van der Waals surface area contributed by atoms with Crippen LogP contribution >= 0.6 is 0 Å². The van der Waals surface area contributed by atoms with Gasteiger partial charge in [0, 0.05) is 49.2 Å². The molecule has 2 aromatic carbocycles. The lowest BCUT2D eigenvalue weighted by Crippen LogP contribution is -2.44. The summed E-state index contributed by atoms with van der Waals surface area (Å²) in [6.45, 7) is 9.76. The molecule has 7 nitrogen and oxygen atoms in total. The van der Waals surface area contributed by atoms with Crippen LogP contribution in [-0.4, -0.2) is 58.5 Å². The number of anilines is 2. The number of nitrogens with zero attached hydrogens (tertiary/aromatic N) is 2. The van der Waals surface area contributed by atoms with Gasteiger partial charge < -0.3 is 15.1 Å². The number of nitrogens with one attached hydrogen (secondary N) is 2. The van der Waals surface area contributed by atoms with Gasteiger partial charge in [0.2, 0.25) is 10.0 Å². The first-order valence-electron chi connectivity index (χ1n) is 10.7. The van der Waals surface area contributed by atoms with E-state index in [9.17, 15) is 13.2 Å². The van der Waals surface area contributed by atoms with E-state index in [0.717, 1.165) is 43.1 Å². The monoisotopic (exact) mass is 444 g/mol. The summed E-state index contributed by atoms with van der Waals surface area (Å²) >= 11 is 0. The van der Waals surface area contributed by atoms with E-state index in [0.29, 0.717) is 12.0 Å². The molecule has 1 atom stereocenters. The van der Waals surface area contributed by atoms with Crippen molar-refractivity contribution in [2.45, 2.75) is 38.1 Å². The number of amides is 1. The molecule has 2 aromatic rings. The van der Waals surface area contributed by atoms with Crippen molar-refractivity contribution in [1.82, 2.24) is 9.62 Å². The molecule has 1 fully saturated rings. The van der Waals surface area contributed by atoms with E-state index in [1.807, 2.05) is 32.9 Å². The average Bonchev–Trinajstić information content (AvgIpc) is 2.75. The minimum absolute atomic E-state index is 0.148. The summed E-state index contributed by atoms with van der Waals surface area (Å²) < 4.78 is 27.4. The molecule has 31 heavy (non-hydrogen) atoms. The van der Waals surface area contributed by atoms with Crippen LogP contribution in [-0.2, 0) is 10.0 Å². The third-order valence-corrected chi connectivity index (χ3v) is 7.33. The maximum atomic E-state index is 12.7. The second-order valence-corrected chi connectivity index (χ2v) is 9.91. The van der Waals surface area contributed by atoms with Crippen molar-refractivity contribution in [3.63, 3.8) is 0 Å². The lowest BCUT2D eigenvalue weighted by atomic mass is 10.1.